The van der Waals surface area contributed by atoms with Crippen molar-refractivity contribution in [3.63, 3.8) is 0 Å². The maximum atomic E-state index is 12.8. The summed E-state index contributed by atoms with van der Waals surface area (Å²) in [6.45, 7) is 16.8. The number of hydrogen-bond acceptors (Lipinski definition) is 5. The van der Waals surface area contributed by atoms with Crippen LogP contribution in [-0.2, 0) is 14.4 Å². The Labute approximate surface area is 279 Å². The standard InChI is InChI=1S/C29H31BrN2O4.C7H16.CH5N/c1-6-24(30)16-11-18(2)31-28(35)17-27(21(5)34)32-29(36)23-14-12-22(13-15-23)26-10-8-7-9-25(26)19(3)20(4)33;1-3-5-7-6-4-2;1-2/h6,9-16,27H,2-3,7-8,17H2,1,4-5H3,(H,31,35)(H,32,36);3-7H2,1-2H3;2H2,1H3/b16-11-,24-6+;;. The molecule has 0 bridgehead atoms. The molecule has 1 aromatic carbocycles. The van der Waals surface area contributed by atoms with E-state index in [1.807, 2.05) is 19.1 Å². The fraction of sp³-hybridized carbons (Fsp3) is 0.405. The third-order valence-electron chi connectivity index (χ3n) is 6.77. The zero-order valence-corrected chi connectivity index (χ0v) is 29.5. The van der Waals surface area contributed by atoms with E-state index in [1.165, 1.54) is 53.0 Å². The van der Waals surface area contributed by atoms with Gasteiger partial charge in [0.15, 0.2) is 11.6 Å². The number of halogens is 1. The van der Waals surface area contributed by atoms with E-state index in [0.29, 0.717) is 16.8 Å². The summed E-state index contributed by atoms with van der Waals surface area (Å²) in [5.74, 6) is -1.33. The molecule has 8 heteroatoms. The topological polar surface area (TPSA) is 118 Å². The predicted octanol–water partition coefficient (Wildman–Crippen LogP) is 8.05. The second-order valence-electron chi connectivity index (χ2n) is 10.4. The Kier molecular flexibility index (Phi) is 21.8. The van der Waals surface area contributed by atoms with Crippen molar-refractivity contribution < 1.29 is 19.2 Å². The molecule has 0 heterocycles. The van der Waals surface area contributed by atoms with Crippen LogP contribution in [0.15, 0.2) is 89.1 Å². The number of amides is 2. The first-order valence-electron chi connectivity index (χ1n) is 15.5. The lowest BCUT2D eigenvalue weighted by Crippen LogP contribution is -2.43. The summed E-state index contributed by atoms with van der Waals surface area (Å²) in [6.07, 6.45) is 17.7. The Bertz CT molecular complexity index is 1280. The van der Waals surface area contributed by atoms with Crippen molar-refractivity contribution in [1.82, 2.24) is 10.6 Å². The highest BCUT2D eigenvalue weighted by atomic mass is 79.9. The molecular weight excluding hydrogens is 630 g/mol. The molecular formula is C37H52BrN3O4. The second kappa shape index (κ2) is 23.7. The molecule has 1 aliphatic rings. The summed E-state index contributed by atoms with van der Waals surface area (Å²) in [4.78, 5) is 49.1. The molecule has 1 unspecified atom stereocenters. The van der Waals surface area contributed by atoms with E-state index in [2.05, 4.69) is 65.4 Å². The highest BCUT2D eigenvalue weighted by Crippen LogP contribution is 2.33. The number of carbonyl (C=O) groups is 4. The average molecular weight is 683 g/mol. The number of Topliss-reactive ketones (excluding diaryl/α,β-unsaturated/α-hetero) is 2. The van der Waals surface area contributed by atoms with Crippen molar-refractivity contribution >= 4 is 44.9 Å². The van der Waals surface area contributed by atoms with Crippen molar-refractivity contribution in [2.45, 2.75) is 92.0 Å². The van der Waals surface area contributed by atoms with Crippen LogP contribution in [-0.4, -0.2) is 36.5 Å². The number of hydrogen-bond donors (Lipinski definition) is 3. The van der Waals surface area contributed by atoms with Crippen LogP contribution in [0, 0.1) is 0 Å². The van der Waals surface area contributed by atoms with E-state index >= 15 is 0 Å². The van der Waals surface area contributed by atoms with Crippen molar-refractivity contribution in [1.29, 1.82) is 0 Å². The summed E-state index contributed by atoms with van der Waals surface area (Å²) in [5, 5.41) is 5.25. The van der Waals surface area contributed by atoms with Gasteiger partial charge in [-0.1, -0.05) is 105 Å². The summed E-state index contributed by atoms with van der Waals surface area (Å²) in [7, 11) is 1.50. The van der Waals surface area contributed by atoms with Crippen LogP contribution < -0.4 is 16.4 Å². The maximum absolute atomic E-state index is 12.8. The Morgan fingerprint density at radius 2 is 1.51 bits per heavy atom. The highest BCUT2D eigenvalue weighted by Gasteiger charge is 2.22. The lowest BCUT2D eigenvalue weighted by Gasteiger charge is -2.18. The summed E-state index contributed by atoms with van der Waals surface area (Å²) in [5.41, 5.74) is 8.24. The summed E-state index contributed by atoms with van der Waals surface area (Å²) in [6, 6.07) is 5.91. The third-order valence-corrected chi connectivity index (χ3v) is 7.50. The van der Waals surface area contributed by atoms with E-state index in [9.17, 15) is 19.2 Å². The first-order valence-corrected chi connectivity index (χ1v) is 16.3. The van der Waals surface area contributed by atoms with Crippen molar-refractivity contribution in [2.75, 3.05) is 7.05 Å². The van der Waals surface area contributed by atoms with E-state index in [1.54, 1.807) is 36.4 Å². The van der Waals surface area contributed by atoms with Crippen LogP contribution in [0.3, 0.4) is 0 Å². The largest absolute Gasteiger partial charge is 0.342 e. The molecule has 7 nitrogen and oxygen atoms in total. The molecule has 1 aliphatic carbocycles. The SMILES string of the molecule is C=C(/C=C\C(Br)=C/C)NC(=O)CC(NC(=O)c1ccc(C2=CCCC=C2C(=C)C(C)=O)cc1)C(C)=O.CCCCCCC.CN. The van der Waals surface area contributed by atoms with Crippen LogP contribution in [0.2, 0.25) is 0 Å². The number of nitrogens with one attached hydrogen (secondary N) is 2. The molecule has 4 N–H and O–H groups in total. The molecule has 0 spiro atoms. The number of unbranched alkanes of at least 4 members (excludes halogenated alkanes) is 4. The van der Waals surface area contributed by atoms with E-state index in [0.717, 1.165) is 34.0 Å². The zero-order chi connectivity index (χ0) is 34.4. The number of nitrogens with two attached hydrogens (primary N) is 1. The Hall–Kier alpha value is -3.62. The van der Waals surface area contributed by atoms with Gasteiger partial charge in [-0.05, 0) is 81.7 Å². The fourth-order valence-electron chi connectivity index (χ4n) is 4.17. The average Bonchev–Trinajstić information content (AvgIpc) is 3.04. The van der Waals surface area contributed by atoms with Crippen molar-refractivity contribution in [3.8, 4) is 0 Å². The normalized spacial score (nSPS) is 13.1. The zero-order valence-electron chi connectivity index (χ0n) is 27.9. The molecule has 0 saturated carbocycles. The van der Waals surface area contributed by atoms with Crippen LogP contribution >= 0.6 is 15.9 Å². The van der Waals surface area contributed by atoms with Gasteiger partial charge in [0.05, 0.1) is 12.5 Å². The molecule has 1 aromatic rings. The van der Waals surface area contributed by atoms with Crippen LogP contribution in [0.5, 0.6) is 0 Å². The predicted molar refractivity (Wildman–Crippen MR) is 192 cm³/mol. The third kappa shape index (κ3) is 16.3. The van der Waals surface area contributed by atoms with Gasteiger partial charge in [0, 0.05) is 21.3 Å². The fourth-order valence-corrected chi connectivity index (χ4v) is 4.31. The first-order chi connectivity index (χ1) is 21.4. The molecule has 2 amide bonds. The minimum absolute atomic E-state index is 0.0883. The van der Waals surface area contributed by atoms with Gasteiger partial charge in [0.25, 0.3) is 5.91 Å². The molecule has 2 rings (SSSR count). The van der Waals surface area contributed by atoms with Gasteiger partial charge in [-0.2, -0.15) is 0 Å². The molecule has 0 radical (unpaired) electrons. The number of allylic oxidation sites excluding steroid dienone is 9. The molecule has 246 valence electrons. The van der Waals surface area contributed by atoms with E-state index in [-0.39, 0.29) is 18.0 Å². The minimum atomic E-state index is -0.981. The minimum Gasteiger partial charge on any atom is -0.342 e. The molecule has 1 atom stereocenters. The van der Waals surface area contributed by atoms with Crippen LogP contribution in [0.25, 0.3) is 5.57 Å². The number of ketones is 2. The lowest BCUT2D eigenvalue weighted by atomic mass is 9.86. The Morgan fingerprint density at radius 3 is 2.02 bits per heavy atom. The Morgan fingerprint density at radius 1 is 0.933 bits per heavy atom. The number of benzene rings is 1. The van der Waals surface area contributed by atoms with Gasteiger partial charge < -0.3 is 16.4 Å². The monoisotopic (exact) mass is 681 g/mol. The molecule has 0 aliphatic heterocycles. The lowest BCUT2D eigenvalue weighted by molar-refractivity contribution is -0.125. The van der Waals surface area contributed by atoms with Crippen LogP contribution in [0.1, 0.15) is 102 Å². The van der Waals surface area contributed by atoms with Gasteiger partial charge >= 0.3 is 0 Å². The molecule has 0 saturated heterocycles. The summed E-state index contributed by atoms with van der Waals surface area (Å²) >= 11 is 3.33. The van der Waals surface area contributed by atoms with Gasteiger partial charge in [-0.3, -0.25) is 19.2 Å². The summed E-state index contributed by atoms with van der Waals surface area (Å²) < 4.78 is 0.827. The van der Waals surface area contributed by atoms with Crippen LogP contribution in [0.4, 0.5) is 0 Å². The smallest absolute Gasteiger partial charge is 0.251 e. The van der Waals surface area contributed by atoms with Gasteiger partial charge in [0.2, 0.25) is 5.91 Å². The Balaban J connectivity index is 0.00000189. The van der Waals surface area contributed by atoms with Gasteiger partial charge in [-0.15, -0.1) is 0 Å². The second-order valence-corrected chi connectivity index (χ2v) is 11.3. The maximum Gasteiger partial charge on any atom is 0.251 e. The first kappa shape index (κ1) is 41.4. The van der Waals surface area contributed by atoms with Gasteiger partial charge in [0.1, 0.15) is 0 Å². The van der Waals surface area contributed by atoms with E-state index in [4.69, 9.17) is 0 Å². The van der Waals surface area contributed by atoms with Crippen molar-refractivity contribution in [3.05, 3.63) is 100 Å². The molecule has 0 fully saturated rings. The molecule has 45 heavy (non-hydrogen) atoms. The highest BCUT2D eigenvalue weighted by molar-refractivity contribution is 9.11. The quantitative estimate of drug-likeness (QED) is 0.0983. The van der Waals surface area contributed by atoms with E-state index < -0.39 is 17.9 Å². The van der Waals surface area contributed by atoms with Crippen molar-refractivity contribution in [2.24, 2.45) is 5.73 Å². The number of rotatable bonds is 15. The van der Waals surface area contributed by atoms with Gasteiger partial charge in [-0.25, -0.2) is 0 Å². The number of carbonyl (C=O) groups excluding carboxylic acids is 4. The molecule has 0 aromatic heterocycles.